The number of nitrogens with zero attached hydrogens (tertiary/aromatic N) is 2. The molecule has 2 heterocycles. The van der Waals surface area contributed by atoms with Crippen molar-refractivity contribution in [3.8, 4) is 5.75 Å². The number of amides is 3. The number of hydrogen-bond acceptors (Lipinski definition) is 7. The fourth-order valence-corrected chi connectivity index (χ4v) is 8.24. The van der Waals surface area contributed by atoms with Gasteiger partial charge in [0.1, 0.15) is 12.3 Å². The zero-order valence-electron chi connectivity index (χ0n) is 21.4. The lowest BCUT2D eigenvalue weighted by atomic mass is 9.81. The molecule has 6 rings (SSSR count). The summed E-state index contributed by atoms with van der Waals surface area (Å²) in [5, 5.41) is 2.05. The summed E-state index contributed by atoms with van der Waals surface area (Å²) in [6.45, 7) is -0.605. The van der Waals surface area contributed by atoms with Gasteiger partial charge in [0.15, 0.2) is 5.78 Å². The standard InChI is InChI=1S/C29H20Br2Cl2N2O7/c30-24-16-11-17(25(24)31)23-22(16)27(38)35(28(23)39)34(26(37)14-5-8-18(32)19(33)10-14)12-20(36)13-3-6-15(7-4-13)42-29(40)21-2-1-9-41-21/h1-10,16-17,22-25H,11-12H2/t16-,17-,22-,23+,24-,25+/m1/s1. The third-order valence-electron chi connectivity index (χ3n) is 8.01. The Balaban J connectivity index is 1.28. The van der Waals surface area contributed by atoms with Crippen LogP contribution in [0.2, 0.25) is 10.0 Å². The molecule has 9 nitrogen and oxygen atoms in total. The zero-order valence-corrected chi connectivity index (χ0v) is 26.1. The number of furan rings is 1. The van der Waals surface area contributed by atoms with Gasteiger partial charge in [-0.2, -0.15) is 5.01 Å². The number of halogens is 4. The summed E-state index contributed by atoms with van der Waals surface area (Å²) in [6.07, 6.45) is 2.05. The van der Waals surface area contributed by atoms with E-state index in [1.165, 1.54) is 54.8 Å². The Morgan fingerprint density at radius 1 is 0.905 bits per heavy atom. The number of rotatable bonds is 7. The number of imide groups is 1. The van der Waals surface area contributed by atoms with Gasteiger partial charge in [0.05, 0.1) is 28.1 Å². The highest BCUT2D eigenvalue weighted by Gasteiger charge is 2.67. The van der Waals surface area contributed by atoms with E-state index in [1.54, 1.807) is 6.07 Å². The second-order valence-electron chi connectivity index (χ2n) is 10.3. The molecule has 2 aliphatic carbocycles. The molecule has 0 radical (unpaired) electrons. The second-order valence-corrected chi connectivity index (χ2v) is 13.2. The maximum absolute atomic E-state index is 13.8. The SMILES string of the molecule is O=C(CN(C(=O)c1ccc(Cl)c(Cl)c1)N1C(=O)[C@@H]2[C@H]3C[C@@H]([C@H](Br)[C@@H]3Br)[C@@H]2C1=O)c1ccc(OC(=O)c2ccco2)cc1. The summed E-state index contributed by atoms with van der Waals surface area (Å²) in [6, 6.07) is 12.8. The molecule has 2 aromatic carbocycles. The van der Waals surface area contributed by atoms with Crippen molar-refractivity contribution in [1.82, 2.24) is 10.0 Å². The summed E-state index contributed by atoms with van der Waals surface area (Å²) >= 11 is 19.5. The molecule has 3 aromatic rings. The molecule has 0 spiro atoms. The van der Waals surface area contributed by atoms with Crippen LogP contribution in [0.4, 0.5) is 0 Å². The van der Waals surface area contributed by atoms with Gasteiger partial charge in [0.2, 0.25) is 5.76 Å². The molecular weight excluding hydrogens is 719 g/mol. The van der Waals surface area contributed by atoms with Crippen LogP contribution < -0.4 is 4.74 Å². The van der Waals surface area contributed by atoms with E-state index in [9.17, 15) is 24.0 Å². The number of ketones is 1. The Morgan fingerprint density at radius 2 is 1.52 bits per heavy atom. The van der Waals surface area contributed by atoms with Crippen LogP contribution in [0.25, 0.3) is 0 Å². The van der Waals surface area contributed by atoms with Crippen LogP contribution in [0.5, 0.6) is 5.75 Å². The summed E-state index contributed by atoms with van der Waals surface area (Å²) in [4.78, 5) is 67.0. The van der Waals surface area contributed by atoms with Crippen LogP contribution in [-0.2, 0) is 9.59 Å². The third kappa shape index (κ3) is 4.90. The van der Waals surface area contributed by atoms with Gasteiger partial charge in [0.25, 0.3) is 17.7 Å². The normalized spacial score (nSPS) is 26.0. The van der Waals surface area contributed by atoms with E-state index >= 15 is 0 Å². The van der Waals surface area contributed by atoms with Crippen LogP contribution in [0.1, 0.15) is 37.7 Å². The number of carbonyl (C=O) groups is 5. The number of fused-ring (bicyclic) bond motifs is 5. The van der Waals surface area contributed by atoms with E-state index in [-0.39, 0.29) is 54.2 Å². The fraction of sp³-hybridized carbons (Fsp3) is 0.276. The first-order valence-corrected chi connectivity index (χ1v) is 15.5. The van der Waals surface area contributed by atoms with E-state index in [2.05, 4.69) is 31.9 Å². The van der Waals surface area contributed by atoms with Crippen molar-refractivity contribution in [2.24, 2.45) is 23.7 Å². The zero-order chi connectivity index (χ0) is 29.9. The predicted molar refractivity (Wildman–Crippen MR) is 158 cm³/mol. The second kappa shape index (κ2) is 11.3. The van der Waals surface area contributed by atoms with Crippen LogP contribution in [0.3, 0.4) is 0 Å². The Hall–Kier alpha value is -2.99. The molecule has 13 heteroatoms. The molecule has 1 saturated heterocycles. The van der Waals surface area contributed by atoms with Crippen LogP contribution in [-0.4, -0.2) is 55.7 Å². The first-order chi connectivity index (χ1) is 20.1. The van der Waals surface area contributed by atoms with Gasteiger partial charge in [-0.1, -0.05) is 55.1 Å². The molecule has 0 unspecified atom stereocenters. The van der Waals surface area contributed by atoms with Crippen molar-refractivity contribution in [3.05, 3.63) is 87.8 Å². The molecule has 1 aliphatic heterocycles. The highest BCUT2D eigenvalue weighted by atomic mass is 79.9. The number of benzene rings is 2. The van der Waals surface area contributed by atoms with Gasteiger partial charge >= 0.3 is 5.97 Å². The van der Waals surface area contributed by atoms with E-state index in [4.69, 9.17) is 32.4 Å². The van der Waals surface area contributed by atoms with Gasteiger partial charge in [-0.3, -0.25) is 19.2 Å². The fourth-order valence-electron chi connectivity index (χ4n) is 6.07. The number of ether oxygens (including phenoxy) is 1. The lowest BCUT2D eigenvalue weighted by Crippen LogP contribution is -2.52. The molecule has 3 fully saturated rings. The first kappa shape index (κ1) is 29.1. The number of hydrazine groups is 1. The predicted octanol–water partition coefficient (Wildman–Crippen LogP) is 5.82. The maximum Gasteiger partial charge on any atom is 0.379 e. The molecule has 0 N–H and O–H groups in total. The molecule has 2 saturated carbocycles. The summed E-state index contributed by atoms with van der Waals surface area (Å²) in [5.41, 5.74) is 0.217. The molecule has 216 valence electrons. The number of carbonyl (C=O) groups excluding carboxylic acids is 5. The summed E-state index contributed by atoms with van der Waals surface area (Å²) in [5.74, 6) is -4.22. The summed E-state index contributed by atoms with van der Waals surface area (Å²) < 4.78 is 10.3. The van der Waals surface area contributed by atoms with Crippen molar-refractivity contribution >= 4 is 84.5 Å². The average Bonchev–Trinajstić information content (AvgIpc) is 3.75. The average molecular weight is 739 g/mol. The van der Waals surface area contributed by atoms with Crippen molar-refractivity contribution in [3.63, 3.8) is 0 Å². The van der Waals surface area contributed by atoms with Crippen molar-refractivity contribution in [2.75, 3.05) is 6.54 Å². The molecule has 1 aromatic heterocycles. The molecular formula is C29H20Br2Cl2N2O7. The molecule has 3 aliphatic rings. The topological polar surface area (TPSA) is 114 Å². The van der Waals surface area contributed by atoms with Crippen LogP contribution in [0, 0.1) is 23.7 Å². The van der Waals surface area contributed by atoms with E-state index in [0.717, 1.165) is 10.0 Å². The van der Waals surface area contributed by atoms with Crippen molar-refractivity contribution in [2.45, 2.75) is 16.1 Å². The quantitative estimate of drug-likeness (QED) is 0.0987. The smallest absolute Gasteiger partial charge is 0.379 e. The maximum atomic E-state index is 13.8. The van der Waals surface area contributed by atoms with Crippen LogP contribution >= 0.6 is 55.1 Å². The third-order valence-corrected chi connectivity index (χ3v) is 12.0. The van der Waals surface area contributed by atoms with E-state index in [1.807, 2.05) is 0 Å². The molecule has 2 bridgehead atoms. The minimum atomic E-state index is -0.759. The minimum absolute atomic E-state index is 0.00158. The van der Waals surface area contributed by atoms with Gasteiger partial charge < -0.3 is 9.15 Å². The lowest BCUT2D eigenvalue weighted by molar-refractivity contribution is -0.154. The molecule has 3 amide bonds. The van der Waals surface area contributed by atoms with Gasteiger partial charge in [-0.25, -0.2) is 9.80 Å². The Kier molecular flexibility index (Phi) is 7.80. The Labute approximate surface area is 266 Å². The monoisotopic (exact) mass is 736 g/mol. The van der Waals surface area contributed by atoms with E-state index in [0.29, 0.717) is 6.42 Å². The van der Waals surface area contributed by atoms with Crippen molar-refractivity contribution < 1.29 is 33.1 Å². The highest BCUT2D eigenvalue weighted by Crippen LogP contribution is 2.60. The number of hydrogen-bond donors (Lipinski definition) is 0. The number of Topliss-reactive ketones (excluding diaryl/α,β-unsaturated/α-hetero) is 1. The Morgan fingerprint density at radius 3 is 2.10 bits per heavy atom. The number of esters is 1. The lowest BCUT2D eigenvalue weighted by Gasteiger charge is -2.31. The largest absolute Gasteiger partial charge is 0.457 e. The minimum Gasteiger partial charge on any atom is -0.457 e. The first-order valence-electron chi connectivity index (χ1n) is 12.9. The van der Waals surface area contributed by atoms with Gasteiger partial charge in [0, 0.05) is 20.8 Å². The van der Waals surface area contributed by atoms with Gasteiger partial charge in [-0.05, 0) is 72.9 Å². The Bertz CT molecular complexity index is 1580. The van der Waals surface area contributed by atoms with Gasteiger partial charge in [-0.15, -0.1) is 0 Å². The highest BCUT2D eigenvalue weighted by molar-refractivity contribution is 9.12. The van der Waals surface area contributed by atoms with E-state index < -0.39 is 47.9 Å². The molecule has 6 atom stereocenters. The molecule has 42 heavy (non-hydrogen) atoms. The van der Waals surface area contributed by atoms with Crippen molar-refractivity contribution in [1.29, 1.82) is 0 Å². The summed E-state index contributed by atoms with van der Waals surface area (Å²) in [7, 11) is 0. The number of alkyl halides is 2. The van der Waals surface area contributed by atoms with Crippen LogP contribution in [0.15, 0.2) is 65.3 Å².